The molecule has 1 N–H and O–H groups in total. The Labute approximate surface area is 178 Å². The van der Waals surface area contributed by atoms with Crippen molar-refractivity contribution in [3.8, 4) is 11.6 Å². The molecule has 10 heteroatoms. The maximum absolute atomic E-state index is 14.3. The Morgan fingerprint density at radius 3 is 2.97 bits per heavy atom. The number of amides is 1. The Morgan fingerprint density at radius 1 is 1.29 bits per heavy atom. The molecule has 5 rings (SSSR count). The van der Waals surface area contributed by atoms with Crippen LogP contribution in [0.3, 0.4) is 0 Å². The Bertz CT molecular complexity index is 1180. The lowest BCUT2D eigenvalue weighted by Gasteiger charge is -2.27. The second-order valence-corrected chi connectivity index (χ2v) is 8.70. The molecule has 31 heavy (non-hydrogen) atoms. The third-order valence-corrected chi connectivity index (χ3v) is 5.47. The molecule has 2 bridgehead atoms. The van der Waals surface area contributed by atoms with Crippen molar-refractivity contribution < 1.29 is 18.7 Å². The third kappa shape index (κ3) is 3.51. The number of hydrogen-bond acceptors (Lipinski definition) is 7. The highest BCUT2D eigenvalue weighted by Gasteiger charge is 2.30. The van der Waals surface area contributed by atoms with Gasteiger partial charge in [-0.25, -0.2) is 18.9 Å². The van der Waals surface area contributed by atoms with Gasteiger partial charge in [0.25, 0.3) is 5.91 Å². The van der Waals surface area contributed by atoms with E-state index in [1.54, 1.807) is 6.20 Å². The number of aromatic nitrogens is 4. The van der Waals surface area contributed by atoms with E-state index in [1.807, 2.05) is 25.7 Å². The van der Waals surface area contributed by atoms with Crippen LogP contribution in [0.15, 0.2) is 24.7 Å². The summed E-state index contributed by atoms with van der Waals surface area (Å²) in [7, 11) is 0. The summed E-state index contributed by atoms with van der Waals surface area (Å²) in [5, 5.41) is 7.31. The number of halogens is 1. The van der Waals surface area contributed by atoms with Gasteiger partial charge in [0.15, 0.2) is 17.2 Å². The minimum Gasteiger partial charge on any atom is -0.488 e. The van der Waals surface area contributed by atoms with Gasteiger partial charge in [-0.05, 0) is 13.8 Å². The van der Waals surface area contributed by atoms with Crippen molar-refractivity contribution in [3.63, 3.8) is 0 Å². The van der Waals surface area contributed by atoms with Crippen molar-refractivity contribution in [2.75, 3.05) is 24.7 Å². The van der Waals surface area contributed by atoms with Gasteiger partial charge in [-0.1, -0.05) is 6.92 Å². The number of hydrogen-bond donors (Lipinski definition) is 1. The predicted octanol–water partition coefficient (Wildman–Crippen LogP) is 2.72. The molecule has 0 aliphatic carbocycles. The summed E-state index contributed by atoms with van der Waals surface area (Å²) in [6, 6.07) is 1.39. The number of carbonyl (C=O) groups is 1. The van der Waals surface area contributed by atoms with Crippen molar-refractivity contribution in [2.45, 2.75) is 32.7 Å². The van der Waals surface area contributed by atoms with Gasteiger partial charge in [0.2, 0.25) is 5.88 Å². The van der Waals surface area contributed by atoms with E-state index in [4.69, 9.17) is 14.5 Å². The average Bonchev–Trinajstić information content (AvgIpc) is 3.05. The van der Waals surface area contributed by atoms with Gasteiger partial charge in [-0.3, -0.25) is 4.79 Å². The molecule has 2 aliphatic heterocycles. The molecule has 1 atom stereocenters. The Balaban J connectivity index is 1.77. The fourth-order valence-corrected chi connectivity index (χ4v) is 3.80. The summed E-state index contributed by atoms with van der Waals surface area (Å²) in [5.41, 5.74) is 0.658. The Kier molecular flexibility index (Phi) is 4.45. The number of carbonyl (C=O) groups excluding carboxylic acids is 1. The van der Waals surface area contributed by atoms with Gasteiger partial charge < -0.3 is 19.7 Å². The van der Waals surface area contributed by atoms with E-state index in [1.165, 1.54) is 16.8 Å². The van der Waals surface area contributed by atoms with Crippen LogP contribution in [0.1, 0.15) is 37.6 Å². The van der Waals surface area contributed by atoms with Crippen molar-refractivity contribution in [3.05, 3.63) is 36.0 Å². The zero-order valence-electron chi connectivity index (χ0n) is 17.6. The fraction of sp³-hybridized carbons (Fsp3) is 0.429. The van der Waals surface area contributed by atoms with Gasteiger partial charge in [0.05, 0.1) is 31.8 Å². The molecule has 3 aromatic heterocycles. The molecule has 2 aliphatic rings. The summed E-state index contributed by atoms with van der Waals surface area (Å²) in [4.78, 5) is 23.8. The summed E-state index contributed by atoms with van der Waals surface area (Å²) in [6.45, 7) is 7.12. The standard InChI is InChI=1S/C21H23FN6O3/c1-12-9-27-15-6-13(22)7-23-20(15)30-5-4-21(2,3)26-19(29)14-8-24-28-10-16(31-11-12)18(27)25-17(14)28/h6-8,10,12H,4-5,9,11H2,1-3H3,(H,26,29)/t12-/m0/s1. The third-order valence-electron chi connectivity index (χ3n) is 5.47. The van der Waals surface area contributed by atoms with Crippen LogP contribution in [0.4, 0.5) is 15.9 Å². The molecule has 0 aromatic carbocycles. The molecule has 0 spiro atoms. The fourth-order valence-electron chi connectivity index (χ4n) is 3.80. The van der Waals surface area contributed by atoms with E-state index in [0.717, 1.165) is 6.20 Å². The SMILES string of the molecule is C[C@@H]1COc2cn3ncc4c3nc2N(C1)c1cc(F)cnc1OCCC(C)(C)NC4=O. The van der Waals surface area contributed by atoms with Crippen LogP contribution in [0.2, 0.25) is 0 Å². The lowest BCUT2D eigenvalue weighted by atomic mass is 10.0. The normalized spacial score (nSPS) is 20.5. The highest BCUT2D eigenvalue weighted by molar-refractivity contribution is 6.00. The Morgan fingerprint density at radius 2 is 2.13 bits per heavy atom. The molecule has 0 unspecified atom stereocenters. The molecule has 162 valence electrons. The molecule has 0 saturated heterocycles. The summed E-state index contributed by atoms with van der Waals surface area (Å²) in [6.07, 6.45) is 4.84. The van der Waals surface area contributed by atoms with E-state index in [-0.39, 0.29) is 11.8 Å². The summed E-state index contributed by atoms with van der Waals surface area (Å²) in [5.74, 6) is 0.616. The van der Waals surface area contributed by atoms with E-state index in [9.17, 15) is 9.18 Å². The maximum Gasteiger partial charge on any atom is 0.257 e. The second kappa shape index (κ2) is 7.07. The van der Waals surface area contributed by atoms with Gasteiger partial charge >= 0.3 is 0 Å². The molecule has 3 aromatic rings. The molecule has 0 fully saturated rings. The van der Waals surface area contributed by atoms with Crippen molar-refractivity contribution in [2.24, 2.45) is 5.92 Å². The van der Waals surface area contributed by atoms with Gasteiger partial charge in [-0.15, -0.1) is 0 Å². The second-order valence-electron chi connectivity index (χ2n) is 8.70. The first-order valence-corrected chi connectivity index (χ1v) is 10.2. The first-order chi connectivity index (χ1) is 14.8. The quantitative estimate of drug-likeness (QED) is 0.591. The smallest absolute Gasteiger partial charge is 0.257 e. The molecule has 0 radical (unpaired) electrons. The summed E-state index contributed by atoms with van der Waals surface area (Å²) >= 11 is 0. The maximum atomic E-state index is 14.3. The van der Waals surface area contributed by atoms with Gasteiger partial charge in [-0.2, -0.15) is 5.10 Å². The van der Waals surface area contributed by atoms with Gasteiger partial charge in [0.1, 0.15) is 17.1 Å². The van der Waals surface area contributed by atoms with E-state index >= 15 is 0 Å². The monoisotopic (exact) mass is 426 g/mol. The number of rotatable bonds is 0. The molecule has 0 saturated carbocycles. The van der Waals surface area contributed by atoms with Crippen LogP contribution >= 0.6 is 0 Å². The zero-order chi connectivity index (χ0) is 21.8. The number of nitrogens with zero attached hydrogens (tertiary/aromatic N) is 5. The average molecular weight is 426 g/mol. The van der Waals surface area contributed by atoms with Gasteiger partial charge in [0, 0.05) is 30.5 Å². The summed E-state index contributed by atoms with van der Waals surface area (Å²) < 4.78 is 27.7. The van der Waals surface area contributed by atoms with Crippen molar-refractivity contribution in [1.82, 2.24) is 24.9 Å². The predicted molar refractivity (Wildman–Crippen MR) is 111 cm³/mol. The molecular formula is C21H23FN6O3. The topological polar surface area (TPSA) is 93.9 Å². The molecule has 9 nitrogen and oxygen atoms in total. The highest BCUT2D eigenvalue weighted by atomic mass is 19.1. The van der Waals surface area contributed by atoms with Crippen LogP contribution < -0.4 is 19.7 Å². The first-order valence-electron chi connectivity index (χ1n) is 10.2. The van der Waals surface area contributed by atoms with E-state index in [0.29, 0.717) is 60.5 Å². The van der Waals surface area contributed by atoms with Crippen LogP contribution in [-0.2, 0) is 0 Å². The molecule has 5 heterocycles. The van der Waals surface area contributed by atoms with E-state index < -0.39 is 11.4 Å². The highest BCUT2D eigenvalue weighted by Crippen LogP contribution is 2.40. The molecular weight excluding hydrogens is 403 g/mol. The van der Waals surface area contributed by atoms with Crippen molar-refractivity contribution in [1.29, 1.82) is 0 Å². The van der Waals surface area contributed by atoms with E-state index in [2.05, 4.69) is 15.4 Å². The largest absolute Gasteiger partial charge is 0.488 e. The minimum absolute atomic E-state index is 0.120. The first kappa shape index (κ1) is 19.5. The minimum atomic E-state index is -0.550. The number of anilines is 2. The van der Waals surface area contributed by atoms with Crippen LogP contribution in [0.5, 0.6) is 11.6 Å². The van der Waals surface area contributed by atoms with Crippen molar-refractivity contribution >= 4 is 23.1 Å². The van der Waals surface area contributed by atoms with Crippen LogP contribution in [0.25, 0.3) is 5.65 Å². The molecule has 1 amide bonds. The number of fused-ring (bicyclic) bond motifs is 2. The van der Waals surface area contributed by atoms with Crippen LogP contribution in [0, 0.1) is 11.7 Å². The number of nitrogens with one attached hydrogen (secondary N) is 1. The number of pyridine rings is 1. The Hall–Kier alpha value is -3.43. The lowest BCUT2D eigenvalue weighted by molar-refractivity contribution is 0.0903. The lowest BCUT2D eigenvalue weighted by Crippen LogP contribution is -2.44. The van der Waals surface area contributed by atoms with Crippen LogP contribution in [-0.4, -0.2) is 50.8 Å². The zero-order valence-corrected chi connectivity index (χ0v) is 17.6. The number of ether oxygens (including phenoxy) is 2.